The molecule has 0 bridgehead atoms. The summed E-state index contributed by atoms with van der Waals surface area (Å²) in [4.78, 5) is 17.8. The van der Waals surface area contributed by atoms with Crippen LogP contribution >= 0.6 is 11.3 Å². The van der Waals surface area contributed by atoms with Crippen LogP contribution in [-0.4, -0.2) is 42.5 Å². The topological polar surface area (TPSA) is 71.7 Å². The summed E-state index contributed by atoms with van der Waals surface area (Å²) in [6.07, 6.45) is 5.27. The van der Waals surface area contributed by atoms with Gasteiger partial charge in [-0.1, -0.05) is 30.4 Å². The molecule has 2 aromatic rings. The maximum atomic E-state index is 12.8. The van der Waals surface area contributed by atoms with E-state index in [1.54, 1.807) is 6.08 Å². The van der Waals surface area contributed by atoms with Crippen LogP contribution in [0.5, 0.6) is 0 Å². The van der Waals surface area contributed by atoms with Gasteiger partial charge in [0.05, 0.1) is 22.4 Å². The van der Waals surface area contributed by atoms with Crippen LogP contribution in [-0.2, 0) is 27.8 Å². The number of hydrogen-bond donors (Lipinski definition) is 0. The Morgan fingerprint density at radius 3 is 2.89 bits per heavy atom. The van der Waals surface area contributed by atoms with Crippen LogP contribution in [0, 0.1) is 5.92 Å². The fourth-order valence-corrected chi connectivity index (χ4v) is 5.38. The number of aryl methyl sites for hydroxylation is 1. The molecule has 3 rings (SSSR count). The Hall–Kier alpha value is -1.77. The second-order valence-corrected chi connectivity index (χ2v) is 9.84. The van der Waals surface area contributed by atoms with E-state index in [2.05, 4.69) is 36.7 Å². The minimum Gasteiger partial charge on any atom is -0.313 e. The molecular weight excluding hydrogens is 382 g/mol. The van der Waals surface area contributed by atoms with Gasteiger partial charge in [0.2, 0.25) is 10.0 Å². The van der Waals surface area contributed by atoms with Gasteiger partial charge in [-0.15, -0.1) is 6.58 Å². The minimum absolute atomic E-state index is 0.216. The number of piperidine rings is 1. The van der Waals surface area contributed by atoms with Gasteiger partial charge in [-0.05, 0) is 37.0 Å². The number of thiazole rings is 1. The quantitative estimate of drug-likeness (QED) is 0.715. The lowest BCUT2D eigenvalue weighted by Gasteiger charge is -2.28. The van der Waals surface area contributed by atoms with Crippen LogP contribution in [0.25, 0.3) is 10.2 Å². The Morgan fingerprint density at radius 1 is 1.44 bits per heavy atom. The van der Waals surface area contributed by atoms with E-state index in [9.17, 15) is 13.2 Å². The van der Waals surface area contributed by atoms with Crippen molar-refractivity contribution in [1.29, 1.82) is 0 Å². The van der Waals surface area contributed by atoms with Crippen LogP contribution in [0.4, 0.5) is 0 Å². The van der Waals surface area contributed by atoms with Crippen molar-refractivity contribution in [3.8, 4) is 0 Å². The summed E-state index contributed by atoms with van der Waals surface area (Å²) in [6, 6.07) is 6.28. The SMILES string of the molecule is C=CCn1c(=NC(=O)C2CCCN(S(C)(=O)=O)C2)sc2cc(CC)ccc21. The molecule has 27 heavy (non-hydrogen) atoms. The number of amides is 1. The molecule has 1 aromatic heterocycles. The third-order valence-electron chi connectivity index (χ3n) is 4.88. The van der Waals surface area contributed by atoms with E-state index in [4.69, 9.17) is 0 Å². The van der Waals surface area contributed by atoms with Gasteiger partial charge in [-0.2, -0.15) is 4.99 Å². The molecule has 1 unspecified atom stereocenters. The van der Waals surface area contributed by atoms with Gasteiger partial charge >= 0.3 is 0 Å². The summed E-state index contributed by atoms with van der Waals surface area (Å²) in [5.74, 6) is -0.634. The number of allylic oxidation sites excluding steroid dienone is 1. The zero-order valence-corrected chi connectivity index (χ0v) is 17.4. The molecule has 1 aromatic carbocycles. The first-order chi connectivity index (χ1) is 12.8. The van der Waals surface area contributed by atoms with Crippen molar-refractivity contribution in [3.05, 3.63) is 41.2 Å². The zero-order valence-electron chi connectivity index (χ0n) is 15.7. The van der Waals surface area contributed by atoms with E-state index < -0.39 is 10.0 Å². The first kappa shape index (κ1) is 20.0. The lowest BCUT2D eigenvalue weighted by molar-refractivity contribution is -0.122. The van der Waals surface area contributed by atoms with Crippen molar-refractivity contribution in [2.75, 3.05) is 19.3 Å². The van der Waals surface area contributed by atoms with Crippen molar-refractivity contribution in [2.45, 2.75) is 32.7 Å². The predicted octanol–water partition coefficient (Wildman–Crippen LogP) is 2.55. The summed E-state index contributed by atoms with van der Waals surface area (Å²) in [7, 11) is -3.29. The summed E-state index contributed by atoms with van der Waals surface area (Å²) in [5.41, 5.74) is 2.27. The minimum atomic E-state index is -3.29. The number of hydrogen-bond acceptors (Lipinski definition) is 4. The maximum Gasteiger partial charge on any atom is 0.252 e. The second-order valence-electron chi connectivity index (χ2n) is 6.85. The third kappa shape index (κ3) is 4.39. The monoisotopic (exact) mass is 407 g/mol. The van der Waals surface area contributed by atoms with Crippen molar-refractivity contribution in [2.24, 2.45) is 10.9 Å². The van der Waals surface area contributed by atoms with Gasteiger partial charge in [0.15, 0.2) is 4.80 Å². The van der Waals surface area contributed by atoms with Crippen LogP contribution < -0.4 is 4.80 Å². The lowest BCUT2D eigenvalue weighted by atomic mass is 9.99. The average Bonchev–Trinajstić information content (AvgIpc) is 2.97. The van der Waals surface area contributed by atoms with E-state index in [1.807, 2.05) is 4.57 Å². The molecule has 0 aliphatic carbocycles. The molecule has 1 amide bonds. The van der Waals surface area contributed by atoms with Gasteiger partial charge in [0, 0.05) is 19.6 Å². The number of carbonyl (C=O) groups is 1. The molecule has 6 nitrogen and oxygen atoms in total. The van der Waals surface area contributed by atoms with Gasteiger partial charge in [0.25, 0.3) is 5.91 Å². The summed E-state index contributed by atoms with van der Waals surface area (Å²) in [5, 5.41) is 0. The standard InChI is InChI=1S/C19H25N3O3S2/c1-4-10-22-16-9-8-14(5-2)12-17(16)26-19(22)20-18(23)15-7-6-11-21(13-15)27(3,24)25/h4,8-9,12,15H,1,5-7,10-11,13H2,2-3H3. The summed E-state index contributed by atoms with van der Waals surface area (Å²) >= 11 is 1.49. The van der Waals surface area contributed by atoms with Gasteiger partial charge in [0.1, 0.15) is 0 Å². The second kappa shape index (κ2) is 8.08. The molecule has 1 fully saturated rings. The van der Waals surface area contributed by atoms with Crippen LogP contribution in [0.1, 0.15) is 25.3 Å². The molecule has 1 aliphatic heterocycles. The number of benzene rings is 1. The Bertz CT molecular complexity index is 1030. The molecule has 0 N–H and O–H groups in total. The van der Waals surface area contributed by atoms with Crippen molar-refractivity contribution in [1.82, 2.24) is 8.87 Å². The summed E-state index contributed by atoms with van der Waals surface area (Å²) in [6.45, 7) is 7.17. The molecule has 2 heterocycles. The van der Waals surface area contributed by atoms with Crippen LogP contribution in [0.15, 0.2) is 35.8 Å². The fraction of sp³-hybridized carbons (Fsp3) is 0.474. The first-order valence-corrected chi connectivity index (χ1v) is 11.8. The Kier molecular flexibility index (Phi) is 5.98. The number of aromatic nitrogens is 1. The molecule has 146 valence electrons. The molecule has 0 saturated carbocycles. The number of nitrogens with zero attached hydrogens (tertiary/aromatic N) is 3. The maximum absolute atomic E-state index is 12.8. The third-order valence-corrected chi connectivity index (χ3v) is 7.19. The Labute approximate surface area is 163 Å². The summed E-state index contributed by atoms with van der Waals surface area (Å²) < 4.78 is 28.1. The van der Waals surface area contributed by atoms with E-state index in [1.165, 1.54) is 27.5 Å². The average molecular weight is 408 g/mol. The molecule has 1 atom stereocenters. The van der Waals surface area contributed by atoms with Crippen molar-refractivity contribution < 1.29 is 13.2 Å². The van der Waals surface area contributed by atoms with Gasteiger partial charge < -0.3 is 4.57 Å². The van der Waals surface area contributed by atoms with Crippen molar-refractivity contribution in [3.63, 3.8) is 0 Å². The Morgan fingerprint density at radius 2 is 2.22 bits per heavy atom. The molecule has 8 heteroatoms. The fourth-order valence-electron chi connectivity index (χ4n) is 3.36. The number of fused-ring (bicyclic) bond motifs is 1. The highest BCUT2D eigenvalue weighted by Crippen LogP contribution is 2.22. The molecule has 0 spiro atoms. The predicted molar refractivity (Wildman–Crippen MR) is 109 cm³/mol. The number of sulfonamides is 1. The highest BCUT2D eigenvalue weighted by atomic mass is 32.2. The lowest BCUT2D eigenvalue weighted by Crippen LogP contribution is -2.41. The number of carbonyl (C=O) groups excluding carboxylic acids is 1. The van der Waals surface area contributed by atoms with E-state index in [-0.39, 0.29) is 18.4 Å². The van der Waals surface area contributed by atoms with Gasteiger partial charge in [-0.3, -0.25) is 4.79 Å². The first-order valence-electron chi connectivity index (χ1n) is 9.10. The highest BCUT2D eigenvalue weighted by molar-refractivity contribution is 7.88. The van der Waals surface area contributed by atoms with E-state index in [0.717, 1.165) is 16.6 Å². The highest BCUT2D eigenvalue weighted by Gasteiger charge is 2.30. The van der Waals surface area contributed by atoms with Gasteiger partial charge in [-0.25, -0.2) is 12.7 Å². The largest absolute Gasteiger partial charge is 0.313 e. The van der Waals surface area contributed by atoms with E-state index in [0.29, 0.717) is 30.7 Å². The molecule has 0 radical (unpaired) electrons. The molecular formula is C19H25N3O3S2. The smallest absolute Gasteiger partial charge is 0.252 e. The molecule has 1 saturated heterocycles. The van der Waals surface area contributed by atoms with Crippen LogP contribution in [0.2, 0.25) is 0 Å². The van der Waals surface area contributed by atoms with E-state index >= 15 is 0 Å². The van der Waals surface area contributed by atoms with Crippen LogP contribution in [0.3, 0.4) is 0 Å². The van der Waals surface area contributed by atoms with Crippen molar-refractivity contribution >= 4 is 37.5 Å². The Balaban J connectivity index is 1.97. The number of rotatable bonds is 5. The normalized spacial score (nSPS) is 19.5. The zero-order chi connectivity index (χ0) is 19.6. The molecule has 1 aliphatic rings.